The molecule has 1 aliphatic carbocycles. The Morgan fingerprint density at radius 3 is 2.67 bits per heavy atom. The van der Waals surface area contributed by atoms with Gasteiger partial charge in [0.1, 0.15) is 12.1 Å². The van der Waals surface area contributed by atoms with Gasteiger partial charge in [-0.3, -0.25) is 4.79 Å². The van der Waals surface area contributed by atoms with Gasteiger partial charge in [-0.1, -0.05) is 45.4 Å². The lowest BCUT2D eigenvalue weighted by atomic mass is 9.87. The highest BCUT2D eigenvalue weighted by Gasteiger charge is 2.35. The molecule has 2 aliphatic rings. The van der Waals surface area contributed by atoms with Crippen molar-refractivity contribution in [1.82, 2.24) is 0 Å². The summed E-state index contributed by atoms with van der Waals surface area (Å²) >= 11 is 0. The first kappa shape index (κ1) is 19.7. The molecule has 5 heteroatoms. The molecule has 0 aromatic rings. The van der Waals surface area contributed by atoms with E-state index in [1.807, 2.05) is 6.92 Å². The fraction of sp³-hybridized carbons (Fsp3) is 0.947. The number of hydrogen-bond donors (Lipinski definition) is 1. The SMILES string of the molecule is CCCCCO[C@@H]1[C@@H](CC2CCCC2)COC[C@H](N)C(=O)O[C@H]1C. The maximum Gasteiger partial charge on any atom is 0.325 e. The molecule has 0 aromatic heterocycles. The van der Waals surface area contributed by atoms with Gasteiger partial charge in [0, 0.05) is 12.5 Å². The Hall–Kier alpha value is -0.650. The molecule has 140 valence electrons. The van der Waals surface area contributed by atoms with Crippen molar-refractivity contribution in [3.05, 3.63) is 0 Å². The molecule has 0 bridgehead atoms. The minimum absolute atomic E-state index is 0.100. The van der Waals surface area contributed by atoms with Crippen LogP contribution in [0.2, 0.25) is 0 Å². The third kappa shape index (κ3) is 6.01. The van der Waals surface area contributed by atoms with Gasteiger partial charge in [0.2, 0.25) is 0 Å². The number of ether oxygens (including phenoxy) is 3. The second kappa shape index (κ2) is 10.4. The molecule has 1 saturated heterocycles. The molecule has 2 fully saturated rings. The van der Waals surface area contributed by atoms with Crippen LogP contribution in [-0.2, 0) is 19.0 Å². The average molecular weight is 341 g/mol. The van der Waals surface area contributed by atoms with E-state index in [0.717, 1.165) is 25.2 Å². The summed E-state index contributed by atoms with van der Waals surface area (Å²) in [4.78, 5) is 12.0. The van der Waals surface area contributed by atoms with Crippen LogP contribution < -0.4 is 5.73 Å². The molecule has 1 heterocycles. The van der Waals surface area contributed by atoms with Crippen LogP contribution in [0, 0.1) is 11.8 Å². The molecule has 2 rings (SSSR count). The fourth-order valence-corrected chi connectivity index (χ4v) is 3.95. The van der Waals surface area contributed by atoms with E-state index in [1.54, 1.807) is 0 Å². The molecule has 0 spiro atoms. The molecule has 2 N–H and O–H groups in total. The Morgan fingerprint density at radius 2 is 1.96 bits per heavy atom. The summed E-state index contributed by atoms with van der Waals surface area (Å²) in [6, 6.07) is -0.696. The first-order chi connectivity index (χ1) is 11.6. The summed E-state index contributed by atoms with van der Waals surface area (Å²) in [7, 11) is 0. The van der Waals surface area contributed by atoms with Crippen LogP contribution in [-0.4, -0.2) is 44.0 Å². The second-order valence-electron chi connectivity index (χ2n) is 7.47. The van der Waals surface area contributed by atoms with E-state index in [1.165, 1.54) is 32.1 Å². The van der Waals surface area contributed by atoms with Crippen LogP contribution in [0.5, 0.6) is 0 Å². The molecule has 0 amide bonds. The molecular formula is C19H35NO4. The first-order valence-corrected chi connectivity index (χ1v) is 9.77. The summed E-state index contributed by atoms with van der Waals surface area (Å²) in [6.07, 6.45) is 9.34. The molecule has 24 heavy (non-hydrogen) atoms. The quantitative estimate of drug-likeness (QED) is 0.569. The number of esters is 1. The molecule has 4 atom stereocenters. The van der Waals surface area contributed by atoms with Gasteiger partial charge >= 0.3 is 5.97 Å². The van der Waals surface area contributed by atoms with Crippen molar-refractivity contribution in [2.45, 2.75) is 83.5 Å². The number of cyclic esters (lactones) is 1. The first-order valence-electron chi connectivity index (χ1n) is 9.77. The minimum atomic E-state index is -0.696. The lowest BCUT2D eigenvalue weighted by Gasteiger charge is -2.32. The normalized spacial score (nSPS) is 32.9. The number of carbonyl (C=O) groups is 1. The van der Waals surface area contributed by atoms with Crippen molar-refractivity contribution < 1.29 is 19.0 Å². The summed E-state index contributed by atoms with van der Waals surface area (Å²) in [5.41, 5.74) is 5.83. The Kier molecular flexibility index (Phi) is 8.50. The maximum atomic E-state index is 12.0. The van der Waals surface area contributed by atoms with Gasteiger partial charge in [0.05, 0.1) is 19.3 Å². The molecule has 0 unspecified atom stereocenters. The lowest BCUT2D eigenvalue weighted by Crippen LogP contribution is -2.41. The van der Waals surface area contributed by atoms with Crippen molar-refractivity contribution in [2.24, 2.45) is 17.6 Å². The van der Waals surface area contributed by atoms with Gasteiger partial charge in [-0.25, -0.2) is 0 Å². The number of hydrogen-bond acceptors (Lipinski definition) is 5. The fourth-order valence-electron chi connectivity index (χ4n) is 3.95. The molecule has 1 saturated carbocycles. The Balaban J connectivity index is 2.02. The van der Waals surface area contributed by atoms with E-state index < -0.39 is 6.04 Å². The van der Waals surface area contributed by atoms with E-state index in [4.69, 9.17) is 19.9 Å². The van der Waals surface area contributed by atoms with Crippen molar-refractivity contribution in [1.29, 1.82) is 0 Å². The number of nitrogens with two attached hydrogens (primary N) is 1. The summed E-state index contributed by atoms with van der Waals surface area (Å²) in [5.74, 6) is 0.631. The molecule has 0 aromatic carbocycles. The number of unbranched alkanes of at least 4 members (excludes halogenated alkanes) is 2. The van der Waals surface area contributed by atoms with Gasteiger partial charge in [-0.2, -0.15) is 0 Å². The monoisotopic (exact) mass is 341 g/mol. The van der Waals surface area contributed by atoms with Crippen molar-refractivity contribution in [3.8, 4) is 0 Å². The van der Waals surface area contributed by atoms with Crippen LogP contribution >= 0.6 is 0 Å². The Labute approximate surface area is 146 Å². The van der Waals surface area contributed by atoms with Gasteiger partial charge < -0.3 is 19.9 Å². The van der Waals surface area contributed by atoms with Crippen LogP contribution in [0.3, 0.4) is 0 Å². The Morgan fingerprint density at radius 1 is 1.21 bits per heavy atom. The topological polar surface area (TPSA) is 70.8 Å². The van der Waals surface area contributed by atoms with Crippen molar-refractivity contribution in [3.63, 3.8) is 0 Å². The summed E-state index contributed by atoms with van der Waals surface area (Å²) in [5, 5.41) is 0. The van der Waals surface area contributed by atoms with Crippen LogP contribution in [0.15, 0.2) is 0 Å². The van der Waals surface area contributed by atoms with Crippen LogP contribution in [0.1, 0.15) is 65.2 Å². The summed E-state index contributed by atoms with van der Waals surface area (Å²) in [6.45, 7) is 5.66. The zero-order valence-corrected chi connectivity index (χ0v) is 15.4. The molecule has 1 aliphatic heterocycles. The third-order valence-corrected chi connectivity index (χ3v) is 5.33. The predicted molar refractivity (Wildman–Crippen MR) is 93.7 cm³/mol. The van der Waals surface area contributed by atoms with E-state index in [2.05, 4.69) is 6.92 Å². The standard InChI is InChI=1S/C19H35NO4/c1-3-4-7-10-23-18-14(2)24-19(21)17(20)13-22-12-16(18)11-15-8-5-6-9-15/h14-18H,3-13,20H2,1-2H3/t14-,16-,17-,18-/m0/s1. The number of carbonyl (C=O) groups excluding carboxylic acids is 1. The van der Waals surface area contributed by atoms with Crippen LogP contribution in [0.4, 0.5) is 0 Å². The third-order valence-electron chi connectivity index (χ3n) is 5.33. The molecular weight excluding hydrogens is 306 g/mol. The zero-order chi connectivity index (χ0) is 17.4. The van der Waals surface area contributed by atoms with E-state index in [0.29, 0.717) is 13.2 Å². The second-order valence-corrected chi connectivity index (χ2v) is 7.47. The van der Waals surface area contributed by atoms with Gasteiger partial charge in [-0.15, -0.1) is 0 Å². The largest absolute Gasteiger partial charge is 0.459 e. The van der Waals surface area contributed by atoms with E-state index >= 15 is 0 Å². The van der Waals surface area contributed by atoms with Gasteiger partial charge in [0.25, 0.3) is 0 Å². The van der Waals surface area contributed by atoms with E-state index in [9.17, 15) is 4.79 Å². The molecule has 0 radical (unpaired) electrons. The van der Waals surface area contributed by atoms with Gasteiger partial charge in [0.15, 0.2) is 0 Å². The lowest BCUT2D eigenvalue weighted by molar-refractivity contribution is -0.160. The predicted octanol–water partition coefficient (Wildman–Crippen LogP) is 3.05. The average Bonchev–Trinajstić information content (AvgIpc) is 3.07. The van der Waals surface area contributed by atoms with Crippen molar-refractivity contribution >= 4 is 5.97 Å². The highest BCUT2D eigenvalue weighted by molar-refractivity contribution is 5.75. The highest BCUT2D eigenvalue weighted by atomic mass is 16.6. The van der Waals surface area contributed by atoms with Crippen LogP contribution in [0.25, 0.3) is 0 Å². The minimum Gasteiger partial charge on any atom is -0.459 e. The maximum absolute atomic E-state index is 12.0. The Bertz CT molecular complexity index is 370. The molecule has 5 nitrogen and oxygen atoms in total. The summed E-state index contributed by atoms with van der Waals surface area (Å²) < 4.78 is 17.5. The van der Waals surface area contributed by atoms with Crippen molar-refractivity contribution in [2.75, 3.05) is 19.8 Å². The zero-order valence-electron chi connectivity index (χ0n) is 15.4. The van der Waals surface area contributed by atoms with Gasteiger partial charge in [-0.05, 0) is 25.7 Å². The van der Waals surface area contributed by atoms with E-state index in [-0.39, 0.29) is 30.7 Å². The highest BCUT2D eigenvalue weighted by Crippen LogP contribution is 2.33. The number of rotatable bonds is 7. The smallest absolute Gasteiger partial charge is 0.325 e.